The smallest absolute Gasteiger partial charge is 0.143 e. The van der Waals surface area contributed by atoms with Crippen molar-refractivity contribution in [3.63, 3.8) is 0 Å². The Labute approximate surface area is 103 Å². The molecule has 0 spiro atoms. The summed E-state index contributed by atoms with van der Waals surface area (Å²) in [6.07, 6.45) is 3.77. The molecule has 0 unspecified atom stereocenters. The molecule has 2 rings (SSSR count). The van der Waals surface area contributed by atoms with E-state index in [9.17, 15) is 0 Å². The molecule has 0 fully saturated rings. The third kappa shape index (κ3) is 3.09. The first-order valence-corrected chi connectivity index (χ1v) is 5.86. The van der Waals surface area contributed by atoms with Crippen LogP contribution in [0.4, 0.5) is 0 Å². The monoisotopic (exact) mass is 232 g/mol. The Kier molecular flexibility index (Phi) is 4.76. The molecule has 0 aliphatic heterocycles. The number of aromatic nitrogens is 2. The van der Waals surface area contributed by atoms with Crippen LogP contribution in [0.2, 0.25) is 0 Å². The summed E-state index contributed by atoms with van der Waals surface area (Å²) < 4.78 is 7.31. The van der Waals surface area contributed by atoms with Crippen LogP contribution in [0.3, 0.4) is 0 Å². The van der Waals surface area contributed by atoms with E-state index in [0.29, 0.717) is 0 Å². The molecule has 0 radical (unpaired) electrons. The highest BCUT2D eigenvalue weighted by atomic mass is 16.5. The lowest BCUT2D eigenvalue weighted by Crippen LogP contribution is -1.95. The molecule has 0 aliphatic carbocycles. The SMILES string of the molecule is CC.COc1cc(C)ccc1-n1cnc(C)c1. The van der Waals surface area contributed by atoms with E-state index in [1.165, 1.54) is 5.56 Å². The first kappa shape index (κ1) is 13.3. The van der Waals surface area contributed by atoms with E-state index < -0.39 is 0 Å². The minimum atomic E-state index is 0.868. The summed E-state index contributed by atoms with van der Waals surface area (Å²) in [5.74, 6) is 0.868. The summed E-state index contributed by atoms with van der Waals surface area (Å²) in [5.41, 5.74) is 3.20. The lowest BCUT2D eigenvalue weighted by Gasteiger charge is -2.09. The minimum Gasteiger partial charge on any atom is -0.495 e. The highest BCUT2D eigenvalue weighted by Gasteiger charge is 2.05. The van der Waals surface area contributed by atoms with Gasteiger partial charge in [-0.05, 0) is 31.5 Å². The van der Waals surface area contributed by atoms with Crippen LogP contribution in [0.5, 0.6) is 5.75 Å². The average molecular weight is 232 g/mol. The maximum absolute atomic E-state index is 5.34. The fraction of sp³-hybridized carbons (Fsp3) is 0.357. The number of methoxy groups -OCH3 is 1. The van der Waals surface area contributed by atoms with Crippen LogP contribution in [-0.4, -0.2) is 16.7 Å². The van der Waals surface area contributed by atoms with Crippen LogP contribution in [0.15, 0.2) is 30.7 Å². The van der Waals surface area contributed by atoms with E-state index in [1.54, 1.807) is 13.4 Å². The zero-order valence-corrected chi connectivity index (χ0v) is 11.2. The zero-order valence-electron chi connectivity index (χ0n) is 11.2. The molecule has 0 N–H and O–H groups in total. The largest absolute Gasteiger partial charge is 0.495 e. The van der Waals surface area contributed by atoms with Gasteiger partial charge in [0.05, 0.1) is 24.8 Å². The number of aryl methyl sites for hydroxylation is 2. The Morgan fingerprint density at radius 2 is 1.88 bits per heavy atom. The van der Waals surface area contributed by atoms with Gasteiger partial charge in [0.2, 0.25) is 0 Å². The van der Waals surface area contributed by atoms with Crippen LogP contribution >= 0.6 is 0 Å². The summed E-state index contributed by atoms with van der Waals surface area (Å²) in [6.45, 7) is 8.02. The van der Waals surface area contributed by atoms with Crippen molar-refractivity contribution in [2.45, 2.75) is 27.7 Å². The van der Waals surface area contributed by atoms with Gasteiger partial charge in [-0.1, -0.05) is 19.9 Å². The van der Waals surface area contributed by atoms with E-state index >= 15 is 0 Å². The van der Waals surface area contributed by atoms with Gasteiger partial charge in [-0.3, -0.25) is 0 Å². The van der Waals surface area contributed by atoms with Crippen molar-refractivity contribution in [2.75, 3.05) is 7.11 Å². The van der Waals surface area contributed by atoms with Gasteiger partial charge in [-0.2, -0.15) is 0 Å². The number of hydrogen-bond acceptors (Lipinski definition) is 2. The number of ether oxygens (including phenoxy) is 1. The molecule has 17 heavy (non-hydrogen) atoms. The van der Waals surface area contributed by atoms with Crippen LogP contribution < -0.4 is 4.74 Å². The molecule has 92 valence electrons. The summed E-state index contributed by atoms with van der Waals surface area (Å²) in [7, 11) is 1.68. The zero-order chi connectivity index (χ0) is 12.8. The standard InChI is InChI=1S/C12H14N2O.C2H6/c1-9-4-5-11(12(6-9)15-3)14-7-10(2)13-8-14;1-2/h4-8H,1-3H3;1-2H3. The predicted molar refractivity (Wildman–Crippen MR) is 70.9 cm³/mol. The topological polar surface area (TPSA) is 27.1 Å². The van der Waals surface area contributed by atoms with Crippen molar-refractivity contribution < 1.29 is 4.74 Å². The number of benzene rings is 1. The van der Waals surface area contributed by atoms with Crippen molar-refractivity contribution in [3.05, 3.63) is 42.0 Å². The van der Waals surface area contributed by atoms with E-state index in [2.05, 4.69) is 11.1 Å². The van der Waals surface area contributed by atoms with Crippen molar-refractivity contribution >= 4 is 0 Å². The first-order valence-electron chi connectivity index (χ1n) is 5.86. The number of rotatable bonds is 2. The Hall–Kier alpha value is -1.77. The maximum Gasteiger partial charge on any atom is 0.143 e. The molecule has 1 aromatic heterocycles. The van der Waals surface area contributed by atoms with Crippen LogP contribution in [-0.2, 0) is 0 Å². The van der Waals surface area contributed by atoms with Gasteiger partial charge in [-0.15, -0.1) is 0 Å². The fourth-order valence-corrected chi connectivity index (χ4v) is 1.55. The summed E-state index contributed by atoms with van der Waals surface area (Å²) in [5, 5.41) is 0. The van der Waals surface area contributed by atoms with Gasteiger partial charge >= 0.3 is 0 Å². The molecule has 0 saturated carbocycles. The third-order valence-corrected chi connectivity index (χ3v) is 2.33. The number of nitrogens with zero attached hydrogens (tertiary/aromatic N) is 2. The molecule has 1 heterocycles. The molecule has 3 nitrogen and oxygen atoms in total. The van der Waals surface area contributed by atoms with Gasteiger partial charge in [0.1, 0.15) is 5.75 Å². The Balaban J connectivity index is 0.000000686. The lowest BCUT2D eigenvalue weighted by molar-refractivity contribution is 0.412. The minimum absolute atomic E-state index is 0.868. The van der Waals surface area contributed by atoms with Gasteiger partial charge in [0.15, 0.2) is 0 Å². The van der Waals surface area contributed by atoms with Crippen LogP contribution in [0, 0.1) is 13.8 Å². The molecule has 0 amide bonds. The molecule has 0 atom stereocenters. The lowest BCUT2D eigenvalue weighted by atomic mass is 10.2. The van der Waals surface area contributed by atoms with Crippen molar-refractivity contribution in [1.29, 1.82) is 0 Å². The Morgan fingerprint density at radius 1 is 1.18 bits per heavy atom. The summed E-state index contributed by atoms with van der Waals surface area (Å²) in [4.78, 5) is 4.20. The predicted octanol–water partition coefficient (Wildman–Crippen LogP) is 3.52. The van der Waals surface area contributed by atoms with E-state index in [4.69, 9.17) is 4.74 Å². The normalized spacial score (nSPS) is 9.47. The second-order valence-corrected chi connectivity index (χ2v) is 3.60. The van der Waals surface area contributed by atoms with E-state index in [1.807, 2.05) is 50.6 Å². The second kappa shape index (κ2) is 6.09. The quantitative estimate of drug-likeness (QED) is 0.792. The fourth-order valence-electron chi connectivity index (χ4n) is 1.55. The highest BCUT2D eigenvalue weighted by molar-refractivity contribution is 5.48. The average Bonchev–Trinajstić information content (AvgIpc) is 2.78. The van der Waals surface area contributed by atoms with E-state index in [0.717, 1.165) is 17.1 Å². The maximum atomic E-state index is 5.34. The first-order chi connectivity index (χ1) is 8.20. The molecular formula is C14H20N2O. The van der Waals surface area contributed by atoms with Crippen molar-refractivity contribution in [3.8, 4) is 11.4 Å². The van der Waals surface area contributed by atoms with Crippen molar-refractivity contribution in [2.24, 2.45) is 0 Å². The number of imidazole rings is 1. The molecular weight excluding hydrogens is 212 g/mol. The Morgan fingerprint density at radius 3 is 2.41 bits per heavy atom. The Bertz CT molecular complexity index is 475. The number of hydrogen-bond donors (Lipinski definition) is 0. The molecule has 3 heteroatoms. The van der Waals surface area contributed by atoms with E-state index in [-0.39, 0.29) is 0 Å². The molecule has 0 aliphatic rings. The van der Waals surface area contributed by atoms with Crippen molar-refractivity contribution in [1.82, 2.24) is 9.55 Å². The summed E-state index contributed by atoms with van der Waals surface area (Å²) in [6, 6.07) is 6.12. The van der Waals surface area contributed by atoms with Crippen LogP contribution in [0.1, 0.15) is 25.1 Å². The highest BCUT2D eigenvalue weighted by Crippen LogP contribution is 2.23. The summed E-state index contributed by atoms with van der Waals surface area (Å²) >= 11 is 0. The van der Waals surface area contributed by atoms with Gasteiger partial charge in [0.25, 0.3) is 0 Å². The second-order valence-electron chi connectivity index (χ2n) is 3.60. The molecule has 2 aromatic rings. The van der Waals surface area contributed by atoms with Crippen LogP contribution in [0.25, 0.3) is 5.69 Å². The molecule has 0 bridgehead atoms. The van der Waals surface area contributed by atoms with Gasteiger partial charge in [-0.25, -0.2) is 4.98 Å². The van der Waals surface area contributed by atoms with Gasteiger partial charge in [0, 0.05) is 6.20 Å². The molecule has 1 aromatic carbocycles. The van der Waals surface area contributed by atoms with Gasteiger partial charge < -0.3 is 9.30 Å². The third-order valence-electron chi connectivity index (χ3n) is 2.33. The molecule has 0 saturated heterocycles.